The monoisotopic (exact) mass is 270 g/mol. The number of hydrogen-bond donors (Lipinski definition) is 0. The average molecular weight is 271 g/mol. The second-order valence-electron chi connectivity index (χ2n) is 3.29. The minimum atomic E-state index is -0.415. The molecule has 0 aromatic heterocycles. The number of ether oxygens (including phenoxy) is 3. The minimum Gasteiger partial charge on any atom is -0.493 e. The lowest BCUT2D eigenvalue weighted by atomic mass is 10.2. The van der Waals surface area contributed by atoms with Gasteiger partial charge < -0.3 is 14.2 Å². The molecule has 0 saturated heterocycles. The largest absolute Gasteiger partial charge is 0.493 e. The Bertz CT molecular complexity index is 429. The smallest absolute Gasteiger partial charge is 0.337 e. The molecule has 0 amide bonds. The average Bonchev–Trinajstić information content (AvgIpc) is 2.42. The molecule has 1 aromatic carbocycles. The predicted octanol–water partition coefficient (Wildman–Crippen LogP) is 2.66. The summed E-state index contributed by atoms with van der Waals surface area (Å²) in [5.74, 6) is 1.07. The maximum atomic E-state index is 11.3. The third kappa shape index (κ3) is 3.96. The van der Waals surface area contributed by atoms with E-state index in [2.05, 4.69) is 4.74 Å². The van der Waals surface area contributed by atoms with Crippen LogP contribution in [0.3, 0.4) is 0 Å². The topological polar surface area (TPSA) is 44.8 Å². The number of alkyl halides is 1. The standard InChI is InChI=1S/C13H15ClO4/c1-16-12-9-10(13(15)17-2)5-6-11(12)18-8-4-3-7-14/h3-6,9H,7-8H2,1-2H3. The van der Waals surface area contributed by atoms with Crippen molar-refractivity contribution in [3.05, 3.63) is 35.9 Å². The van der Waals surface area contributed by atoms with Gasteiger partial charge in [0.1, 0.15) is 6.61 Å². The number of carbonyl (C=O) groups is 1. The highest BCUT2D eigenvalue weighted by molar-refractivity contribution is 6.18. The highest BCUT2D eigenvalue weighted by Gasteiger charge is 2.10. The first kappa shape index (κ1) is 14.4. The van der Waals surface area contributed by atoms with Gasteiger partial charge >= 0.3 is 5.97 Å². The van der Waals surface area contributed by atoms with Crippen LogP contribution in [0.5, 0.6) is 11.5 Å². The Morgan fingerprint density at radius 3 is 2.67 bits per heavy atom. The number of esters is 1. The number of carbonyl (C=O) groups excluding carboxylic acids is 1. The van der Waals surface area contributed by atoms with Crippen LogP contribution in [0.15, 0.2) is 30.4 Å². The summed E-state index contributed by atoms with van der Waals surface area (Å²) in [5.41, 5.74) is 0.415. The molecule has 0 heterocycles. The quantitative estimate of drug-likeness (QED) is 0.453. The van der Waals surface area contributed by atoms with E-state index in [-0.39, 0.29) is 0 Å². The van der Waals surface area contributed by atoms with Crippen LogP contribution in [-0.4, -0.2) is 32.7 Å². The van der Waals surface area contributed by atoms with E-state index in [9.17, 15) is 4.79 Å². The van der Waals surface area contributed by atoms with Gasteiger partial charge in [-0.05, 0) is 18.2 Å². The molecular formula is C13H15ClO4. The van der Waals surface area contributed by atoms with Crippen LogP contribution in [-0.2, 0) is 4.74 Å². The molecule has 4 nitrogen and oxygen atoms in total. The molecule has 0 aliphatic carbocycles. The summed E-state index contributed by atoms with van der Waals surface area (Å²) < 4.78 is 15.3. The van der Waals surface area contributed by atoms with Crippen molar-refractivity contribution < 1.29 is 19.0 Å². The van der Waals surface area contributed by atoms with Gasteiger partial charge in [-0.3, -0.25) is 0 Å². The number of rotatable bonds is 6. The Morgan fingerprint density at radius 2 is 2.06 bits per heavy atom. The van der Waals surface area contributed by atoms with Crippen LogP contribution in [0.1, 0.15) is 10.4 Å². The van der Waals surface area contributed by atoms with Gasteiger partial charge in [-0.15, -0.1) is 11.6 Å². The van der Waals surface area contributed by atoms with Gasteiger partial charge in [-0.2, -0.15) is 0 Å². The molecule has 18 heavy (non-hydrogen) atoms. The van der Waals surface area contributed by atoms with Crippen molar-refractivity contribution in [2.24, 2.45) is 0 Å². The summed E-state index contributed by atoms with van der Waals surface area (Å²) in [6.45, 7) is 0.390. The summed E-state index contributed by atoms with van der Waals surface area (Å²) in [4.78, 5) is 11.3. The maximum Gasteiger partial charge on any atom is 0.337 e. The van der Waals surface area contributed by atoms with Crippen LogP contribution >= 0.6 is 11.6 Å². The summed E-state index contributed by atoms with van der Waals surface area (Å²) in [6.07, 6.45) is 3.59. The van der Waals surface area contributed by atoms with E-state index < -0.39 is 5.97 Å². The van der Waals surface area contributed by atoms with Crippen LogP contribution in [0.2, 0.25) is 0 Å². The summed E-state index contributed by atoms with van der Waals surface area (Å²) in [6, 6.07) is 4.86. The molecule has 0 radical (unpaired) electrons. The Hall–Kier alpha value is -1.68. The fourth-order valence-electron chi connectivity index (χ4n) is 1.30. The number of benzene rings is 1. The molecule has 0 fully saturated rings. The molecule has 0 spiro atoms. The molecule has 98 valence electrons. The zero-order chi connectivity index (χ0) is 13.4. The third-order valence-corrected chi connectivity index (χ3v) is 2.35. The third-order valence-electron chi connectivity index (χ3n) is 2.18. The molecule has 1 rings (SSSR count). The van der Waals surface area contributed by atoms with Crippen molar-refractivity contribution in [3.63, 3.8) is 0 Å². The Morgan fingerprint density at radius 1 is 1.28 bits per heavy atom. The van der Waals surface area contributed by atoms with Gasteiger partial charge in [-0.1, -0.05) is 12.2 Å². The van der Waals surface area contributed by atoms with Gasteiger partial charge in [0.15, 0.2) is 11.5 Å². The molecular weight excluding hydrogens is 256 g/mol. The second-order valence-corrected chi connectivity index (χ2v) is 3.60. The zero-order valence-electron chi connectivity index (χ0n) is 10.3. The van der Waals surface area contributed by atoms with Gasteiger partial charge in [-0.25, -0.2) is 4.79 Å². The van der Waals surface area contributed by atoms with Crippen LogP contribution < -0.4 is 9.47 Å². The molecule has 0 aliphatic rings. The highest BCUT2D eigenvalue weighted by atomic mass is 35.5. The van der Waals surface area contributed by atoms with Crippen molar-refractivity contribution in [1.29, 1.82) is 0 Å². The normalized spacial score (nSPS) is 10.4. The van der Waals surface area contributed by atoms with E-state index in [1.807, 2.05) is 0 Å². The number of methoxy groups -OCH3 is 2. The SMILES string of the molecule is COC(=O)c1ccc(OCC=CCCl)c(OC)c1. The molecule has 0 saturated carbocycles. The zero-order valence-corrected chi connectivity index (χ0v) is 11.1. The minimum absolute atomic E-state index is 0.390. The predicted molar refractivity (Wildman–Crippen MR) is 69.7 cm³/mol. The van der Waals surface area contributed by atoms with E-state index in [4.69, 9.17) is 21.1 Å². The lowest BCUT2D eigenvalue weighted by Crippen LogP contribution is -2.03. The summed E-state index contributed by atoms with van der Waals surface area (Å²) in [7, 11) is 2.84. The lowest BCUT2D eigenvalue weighted by Gasteiger charge is -2.10. The van der Waals surface area contributed by atoms with Crippen molar-refractivity contribution in [1.82, 2.24) is 0 Å². The van der Waals surface area contributed by atoms with Crippen molar-refractivity contribution >= 4 is 17.6 Å². The molecule has 5 heteroatoms. The van der Waals surface area contributed by atoms with E-state index in [0.717, 1.165) is 0 Å². The van der Waals surface area contributed by atoms with Crippen LogP contribution in [0.25, 0.3) is 0 Å². The fraction of sp³-hybridized carbons (Fsp3) is 0.308. The summed E-state index contributed by atoms with van der Waals surface area (Å²) >= 11 is 5.49. The maximum absolute atomic E-state index is 11.3. The van der Waals surface area contributed by atoms with E-state index in [1.54, 1.807) is 30.4 Å². The Labute approximate surface area is 111 Å². The van der Waals surface area contributed by atoms with E-state index in [0.29, 0.717) is 29.5 Å². The second kappa shape index (κ2) is 7.61. The van der Waals surface area contributed by atoms with Crippen molar-refractivity contribution in [3.8, 4) is 11.5 Å². The van der Waals surface area contributed by atoms with Crippen molar-refractivity contribution in [2.75, 3.05) is 26.7 Å². The lowest BCUT2D eigenvalue weighted by molar-refractivity contribution is 0.0600. The number of allylic oxidation sites excluding steroid dienone is 1. The molecule has 0 bridgehead atoms. The first-order valence-electron chi connectivity index (χ1n) is 5.33. The summed E-state index contributed by atoms with van der Waals surface area (Å²) in [5, 5.41) is 0. The Kier molecular flexibility index (Phi) is 6.08. The first-order chi connectivity index (χ1) is 8.72. The molecule has 0 N–H and O–H groups in total. The Balaban J connectivity index is 2.80. The van der Waals surface area contributed by atoms with Gasteiger partial charge in [0.05, 0.1) is 19.8 Å². The van der Waals surface area contributed by atoms with Gasteiger partial charge in [0.2, 0.25) is 0 Å². The first-order valence-corrected chi connectivity index (χ1v) is 5.86. The number of halogens is 1. The van der Waals surface area contributed by atoms with E-state index >= 15 is 0 Å². The van der Waals surface area contributed by atoms with E-state index in [1.165, 1.54) is 14.2 Å². The molecule has 0 unspecified atom stereocenters. The number of hydrogen-bond acceptors (Lipinski definition) is 4. The molecule has 1 aromatic rings. The molecule has 0 aliphatic heterocycles. The molecule has 0 atom stereocenters. The van der Waals surface area contributed by atoms with Gasteiger partial charge in [0.25, 0.3) is 0 Å². The van der Waals surface area contributed by atoms with Crippen LogP contribution in [0, 0.1) is 0 Å². The van der Waals surface area contributed by atoms with Crippen molar-refractivity contribution in [2.45, 2.75) is 0 Å². The van der Waals surface area contributed by atoms with Crippen LogP contribution in [0.4, 0.5) is 0 Å². The van der Waals surface area contributed by atoms with Gasteiger partial charge in [0, 0.05) is 5.88 Å². The highest BCUT2D eigenvalue weighted by Crippen LogP contribution is 2.28. The fourth-order valence-corrected chi connectivity index (χ4v) is 1.43.